The van der Waals surface area contributed by atoms with Crippen molar-refractivity contribution in [1.82, 2.24) is 14.6 Å². The van der Waals surface area contributed by atoms with Crippen LogP contribution in [-0.4, -0.2) is 25.7 Å². The number of hydrogen-bond donors (Lipinski definition) is 3. The predicted octanol–water partition coefficient (Wildman–Crippen LogP) is 5.07. The van der Waals surface area contributed by atoms with Crippen molar-refractivity contribution in [3.05, 3.63) is 90.8 Å². The van der Waals surface area contributed by atoms with Crippen molar-refractivity contribution >= 4 is 17.3 Å². The fraction of sp³-hybridized carbons (Fsp3) is 0. The van der Waals surface area contributed by atoms with Gasteiger partial charge in [-0.3, -0.25) is 0 Å². The summed E-state index contributed by atoms with van der Waals surface area (Å²) in [5.41, 5.74) is 9.97. The molecular formula is C24H18N4O3. The molecule has 0 saturated heterocycles. The number of carboxylic acids is 1. The van der Waals surface area contributed by atoms with Crippen LogP contribution in [0, 0.1) is 0 Å². The number of hydrogen-bond acceptors (Lipinski definition) is 4. The van der Waals surface area contributed by atoms with Crippen LogP contribution < -0.4 is 10.5 Å². The van der Waals surface area contributed by atoms with Gasteiger partial charge in [0.1, 0.15) is 17.1 Å². The molecule has 5 aromatic rings. The quantitative estimate of drug-likeness (QED) is 0.351. The standard InChI is InChI=1S/C24H18N4O3/c25-17-6-4-5-16(13-17)20-14-26-28-22(24(29)30)21(27-23(20)28)15-9-11-19(12-10-15)31-18-7-2-1-3-8-18/h1-14,27H,25H2,(H,29,30). The Morgan fingerprint density at radius 1 is 0.935 bits per heavy atom. The number of rotatable bonds is 5. The van der Waals surface area contributed by atoms with E-state index in [4.69, 9.17) is 10.5 Å². The molecule has 152 valence electrons. The van der Waals surface area contributed by atoms with Crippen molar-refractivity contribution in [3.63, 3.8) is 0 Å². The second kappa shape index (κ2) is 7.38. The Balaban J connectivity index is 1.56. The van der Waals surface area contributed by atoms with Crippen molar-refractivity contribution in [2.45, 2.75) is 0 Å². The number of nitrogen functional groups attached to an aromatic ring is 1. The topological polar surface area (TPSA) is 106 Å². The minimum atomic E-state index is -1.08. The van der Waals surface area contributed by atoms with Crippen LogP contribution in [0.3, 0.4) is 0 Å². The Bertz CT molecular complexity index is 1390. The van der Waals surface area contributed by atoms with E-state index in [2.05, 4.69) is 10.1 Å². The van der Waals surface area contributed by atoms with Gasteiger partial charge in [0.2, 0.25) is 0 Å². The Morgan fingerprint density at radius 2 is 1.68 bits per heavy atom. The highest BCUT2D eigenvalue weighted by molar-refractivity contribution is 5.96. The summed E-state index contributed by atoms with van der Waals surface area (Å²) in [5.74, 6) is 0.309. The summed E-state index contributed by atoms with van der Waals surface area (Å²) in [6.07, 6.45) is 1.63. The molecule has 4 N–H and O–H groups in total. The zero-order valence-electron chi connectivity index (χ0n) is 16.3. The number of ether oxygens (including phenoxy) is 1. The van der Waals surface area contributed by atoms with Crippen LogP contribution in [0.2, 0.25) is 0 Å². The van der Waals surface area contributed by atoms with Gasteiger partial charge in [-0.1, -0.05) is 30.3 Å². The second-order valence-electron chi connectivity index (χ2n) is 7.04. The molecule has 0 atom stereocenters. The zero-order chi connectivity index (χ0) is 21.4. The van der Waals surface area contributed by atoms with Gasteiger partial charge in [-0.25, -0.2) is 9.31 Å². The molecule has 0 saturated carbocycles. The number of anilines is 1. The van der Waals surface area contributed by atoms with E-state index in [0.717, 1.165) is 16.9 Å². The van der Waals surface area contributed by atoms with Gasteiger partial charge in [-0.2, -0.15) is 5.10 Å². The lowest BCUT2D eigenvalue weighted by atomic mass is 10.1. The summed E-state index contributed by atoms with van der Waals surface area (Å²) in [7, 11) is 0. The molecular weight excluding hydrogens is 392 g/mol. The van der Waals surface area contributed by atoms with Gasteiger partial charge in [0, 0.05) is 16.8 Å². The number of carboxylic acid groups (broad SMARTS) is 1. The molecule has 31 heavy (non-hydrogen) atoms. The molecule has 0 fully saturated rings. The number of aromatic nitrogens is 3. The van der Waals surface area contributed by atoms with Crippen LogP contribution in [0.1, 0.15) is 10.5 Å². The predicted molar refractivity (Wildman–Crippen MR) is 118 cm³/mol. The number of aromatic amines is 1. The van der Waals surface area contributed by atoms with Gasteiger partial charge in [-0.15, -0.1) is 0 Å². The smallest absolute Gasteiger partial charge is 0.356 e. The van der Waals surface area contributed by atoms with Gasteiger partial charge in [0.15, 0.2) is 5.69 Å². The molecule has 0 radical (unpaired) electrons. The van der Waals surface area contributed by atoms with Crippen LogP contribution in [0.4, 0.5) is 5.69 Å². The number of carbonyl (C=O) groups is 1. The number of aromatic carboxylic acids is 1. The largest absolute Gasteiger partial charge is 0.476 e. The van der Waals surface area contributed by atoms with E-state index in [-0.39, 0.29) is 5.69 Å². The number of nitrogens with two attached hydrogens (primary N) is 1. The summed E-state index contributed by atoms with van der Waals surface area (Å²) in [6.45, 7) is 0. The van der Waals surface area contributed by atoms with Gasteiger partial charge >= 0.3 is 5.97 Å². The maximum Gasteiger partial charge on any atom is 0.356 e. The molecule has 0 aliphatic rings. The van der Waals surface area contributed by atoms with Crippen LogP contribution in [0.5, 0.6) is 11.5 Å². The number of imidazole rings is 1. The maximum absolute atomic E-state index is 12.1. The Labute approximate surface area is 177 Å². The van der Waals surface area contributed by atoms with Crippen LogP contribution in [-0.2, 0) is 0 Å². The molecule has 0 unspecified atom stereocenters. The highest BCUT2D eigenvalue weighted by atomic mass is 16.5. The zero-order valence-corrected chi connectivity index (χ0v) is 16.3. The van der Waals surface area contributed by atoms with E-state index in [9.17, 15) is 9.90 Å². The lowest BCUT2D eigenvalue weighted by Gasteiger charge is -2.06. The number of nitrogens with one attached hydrogen (secondary N) is 1. The molecule has 0 aliphatic heterocycles. The minimum absolute atomic E-state index is 0.0573. The summed E-state index contributed by atoms with van der Waals surface area (Å²) in [6, 6.07) is 24.1. The molecule has 0 spiro atoms. The fourth-order valence-corrected chi connectivity index (χ4v) is 3.56. The molecule has 0 bridgehead atoms. The molecule has 0 aliphatic carbocycles. The first-order valence-electron chi connectivity index (χ1n) is 9.62. The van der Waals surface area contributed by atoms with Gasteiger partial charge < -0.3 is 20.6 Å². The van der Waals surface area contributed by atoms with Crippen molar-refractivity contribution in [3.8, 4) is 33.9 Å². The molecule has 7 nitrogen and oxygen atoms in total. The van der Waals surface area contributed by atoms with Crippen molar-refractivity contribution in [1.29, 1.82) is 0 Å². The second-order valence-corrected chi connectivity index (χ2v) is 7.04. The number of H-pyrrole nitrogens is 1. The molecule has 3 aromatic carbocycles. The first kappa shape index (κ1) is 18.5. The summed E-state index contributed by atoms with van der Waals surface area (Å²) in [4.78, 5) is 15.3. The SMILES string of the molecule is Nc1cccc(-c2cnn3c(C(=O)O)c(-c4ccc(Oc5ccccc5)cc4)[nH]c23)c1. The Kier molecular flexibility index (Phi) is 4.41. The third-order valence-electron chi connectivity index (χ3n) is 4.98. The lowest BCUT2D eigenvalue weighted by Crippen LogP contribution is -2.04. The highest BCUT2D eigenvalue weighted by Crippen LogP contribution is 2.32. The number of fused-ring (bicyclic) bond motifs is 1. The number of benzene rings is 3. The van der Waals surface area contributed by atoms with E-state index >= 15 is 0 Å². The molecule has 2 aromatic heterocycles. The van der Waals surface area contributed by atoms with Crippen LogP contribution in [0.25, 0.3) is 28.0 Å². The Hall–Kier alpha value is -4.52. The van der Waals surface area contributed by atoms with Crippen molar-refractivity contribution in [2.75, 3.05) is 5.73 Å². The Morgan fingerprint density at radius 3 is 2.39 bits per heavy atom. The average Bonchev–Trinajstić information content (AvgIpc) is 3.34. The minimum Gasteiger partial charge on any atom is -0.476 e. The third-order valence-corrected chi connectivity index (χ3v) is 4.98. The fourth-order valence-electron chi connectivity index (χ4n) is 3.56. The summed E-state index contributed by atoms with van der Waals surface area (Å²) in [5, 5.41) is 14.2. The van der Waals surface area contributed by atoms with E-state index in [1.807, 2.05) is 60.7 Å². The molecule has 2 heterocycles. The van der Waals surface area contributed by atoms with Crippen LogP contribution in [0.15, 0.2) is 85.1 Å². The molecule has 5 rings (SSSR count). The highest BCUT2D eigenvalue weighted by Gasteiger charge is 2.23. The summed E-state index contributed by atoms with van der Waals surface area (Å²) >= 11 is 0. The van der Waals surface area contributed by atoms with E-state index in [1.54, 1.807) is 24.4 Å². The first-order chi connectivity index (χ1) is 15.1. The third kappa shape index (κ3) is 3.38. The molecule has 0 amide bonds. The van der Waals surface area contributed by atoms with Gasteiger partial charge in [0.05, 0.1) is 11.9 Å². The number of para-hydroxylation sites is 1. The lowest BCUT2D eigenvalue weighted by molar-refractivity contribution is 0.0689. The van der Waals surface area contributed by atoms with E-state index in [1.165, 1.54) is 4.52 Å². The van der Waals surface area contributed by atoms with Gasteiger partial charge in [0.25, 0.3) is 0 Å². The van der Waals surface area contributed by atoms with Crippen molar-refractivity contribution < 1.29 is 14.6 Å². The van der Waals surface area contributed by atoms with E-state index in [0.29, 0.717) is 28.3 Å². The van der Waals surface area contributed by atoms with Crippen molar-refractivity contribution in [2.24, 2.45) is 0 Å². The van der Waals surface area contributed by atoms with E-state index < -0.39 is 5.97 Å². The maximum atomic E-state index is 12.1. The normalized spacial score (nSPS) is 11.0. The number of nitrogens with zero attached hydrogens (tertiary/aromatic N) is 2. The first-order valence-corrected chi connectivity index (χ1v) is 9.62. The van der Waals surface area contributed by atoms with Crippen LogP contribution >= 0.6 is 0 Å². The summed E-state index contributed by atoms with van der Waals surface area (Å²) < 4.78 is 7.23. The molecule has 7 heteroatoms. The average molecular weight is 410 g/mol. The monoisotopic (exact) mass is 410 g/mol. The van der Waals surface area contributed by atoms with Gasteiger partial charge in [-0.05, 0) is 54.1 Å².